The minimum atomic E-state index is -0.820. The van der Waals surface area contributed by atoms with Crippen LogP contribution in [-0.2, 0) is 10.2 Å². The largest absolute Gasteiger partial charge is 0.386 e. The monoisotopic (exact) mass is 285 g/mol. The smallest absolute Gasteiger partial charge is 0.137 e. The number of ether oxygens (including phenoxy) is 1. The molecule has 19 heavy (non-hydrogen) atoms. The van der Waals surface area contributed by atoms with E-state index in [1.54, 1.807) is 6.07 Å². The Morgan fingerprint density at radius 2 is 2.21 bits per heavy atom. The van der Waals surface area contributed by atoms with Gasteiger partial charge in [-0.3, -0.25) is 0 Å². The molecule has 6 heteroatoms. The summed E-state index contributed by atoms with van der Waals surface area (Å²) in [7, 11) is 0. The van der Waals surface area contributed by atoms with E-state index in [0.717, 1.165) is 0 Å². The van der Waals surface area contributed by atoms with Gasteiger partial charge in [0.25, 0.3) is 0 Å². The molecule has 2 heterocycles. The molecule has 0 amide bonds. The topological polar surface area (TPSA) is 67.3 Å². The van der Waals surface area contributed by atoms with E-state index in [-0.39, 0.29) is 5.41 Å². The van der Waals surface area contributed by atoms with Crippen LogP contribution in [0.2, 0.25) is 5.15 Å². The number of rotatable bonds is 3. The normalized spacial score (nSPS) is 23.6. The number of anilines is 1. The van der Waals surface area contributed by atoms with Crippen LogP contribution in [0, 0.1) is 0 Å². The predicted octanol–water partition coefficient (Wildman–Crippen LogP) is 1.99. The van der Waals surface area contributed by atoms with E-state index in [0.29, 0.717) is 43.0 Å². The van der Waals surface area contributed by atoms with Gasteiger partial charge in [-0.2, -0.15) is 0 Å². The SMILES string of the molecule is CC(C)(C)c1nc(Cl)cc(NCC2(O)CCOC2)n1. The maximum absolute atomic E-state index is 10.2. The molecule has 1 saturated heterocycles. The van der Waals surface area contributed by atoms with Crippen LogP contribution in [0.15, 0.2) is 6.07 Å². The van der Waals surface area contributed by atoms with Gasteiger partial charge < -0.3 is 15.2 Å². The highest BCUT2D eigenvalue weighted by molar-refractivity contribution is 6.29. The Labute approximate surface area is 118 Å². The first kappa shape index (κ1) is 14.5. The van der Waals surface area contributed by atoms with Crippen LogP contribution >= 0.6 is 11.6 Å². The predicted molar refractivity (Wildman–Crippen MR) is 74.6 cm³/mol. The van der Waals surface area contributed by atoms with Crippen molar-refractivity contribution in [2.24, 2.45) is 0 Å². The molecule has 1 unspecified atom stereocenters. The number of aromatic nitrogens is 2. The lowest BCUT2D eigenvalue weighted by Crippen LogP contribution is -2.37. The van der Waals surface area contributed by atoms with Crippen molar-refractivity contribution in [3.63, 3.8) is 0 Å². The molecule has 5 nitrogen and oxygen atoms in total. The second kappa shape index (κ2) is 5.23. The lowest BCUT2D eigenvalue weighted by atomic mass is 9.96. The second-order valence-electron chi connectivity index (χ2n) is 6.03. The number of hydrogen-bond acceptors (Lipinski definition) is 5. The van der Waals surface area contributed by atoms with Gasteiger partial charge in [0.05, 0.1) is 6.61 Å². The van der Waals surface area contributed by atoms with E-state index in [1.807, 2.05) is 20.8 Å². The van der Waals surface area contributed by atoms with Crippen molar-refractivity contribution in [3.8, 4) is 0 Å². The van der Waals surface area contributed by atoms with Crippen molar-refractivity contribution in [1.82, 2.24) is 9.97 Å². The van der Waals surface area contributed by atoms with Crippen LogP contribution < -0.4 is 5.32 Å². The van der Waals surface area contributed by atoms with E-state index in [9.17, 15) is 5.11 Å². The van der Waals surface area contributed by atoms with Crippen molar-refractivity contribution < 1.29 is 9.84 Å². The minimum Gasteiger partial charge on any atom is -0.386 e. The summed E-state index contributed by atoms with van der Waals surface area (Å²) >= 11 is 6.01. The zero-order valence-electron chi connectivity index (χ0n) is 11.5. The molecule has 1 aromatic heterocycles. The Kier molecular flexibility index (Phi) is 3.99. The first-order chi connectivity index (χ1) is 8.78. The molecule has 0 aliphatic carbocycles. The quantitative estimate of drug-likeness (QED) is 0.832. The average Bonchev–Trinajstić information content (AvgIpc) is 2.72. The first-order valence-corrected chi connectivity index (χ1v) is 6.75. The van der Waals surface area contributed by atoms with Gasteiger partial charge in [-0.05, 0) is 0 Å². The zero-order chi connectivity index (χ0) is 14.1. The zero-order valence-corrected chi connectivity index (χ0v) is 12.3. The Hall–Kier alpha value is -0.910. The molecule has 1 aliphatic heterocycles. The molecule has 0 bridgehead atoms. The molecule has 0 spiro atoms. The third kappa shape index (κ3) is 3.78. The highest BCUT2D eigenvalue weighted by Crippen LogP contribution is 2.23. The maximum atomic E-state index is 10.2. The van der Waals surface area contributed by atoms with E-state index in [2.05, 4.69) is 15.3 Å². The molecule has 106 valence electrons. The summed E-state index contributed by atoms with van der Waals surface area (Å²) in [6.45, 7) is 7.42. The Morgan fingerprint density at radius 3 is 2.79 bits per heavy atom. The standard InChI is InChI=1S/C13H20ClN3O2/c1-12(2,3)11-16-9(14)6-10(17-11)15-7-13(18)4-5-19-8-13/h6,18H,4-5,7-8H2,1-3H3,(H,15,16,17). The Bertz CT molecular complexity index is 454. The van der Waals surface area contributed by atoms with Gasteiger partial charge in [-0.15, -0.1) is 0 Å². The Morgan fingerprint density at radius 1 is 1.47 bits per heavy atom. The summed E-state index contributed by atoms with van der Waals surface area (Å²) in [6, 6.07) is 1.66. The van der Waals surface area contributed by atoms with Crippen LogP contribution in [0.4, 0.5) is 5.82 Å². The highest BCUT2D eigenvalue weighted by atomic mass is 35.5. The van der Waals surface area contributed by atoms with E-state index >= 15 is 0 Å². The molecule has 0 aromatic carbocycles. The third-order valence-electron chi connectivity index (χ3n) is 3.05. The summed E-state index contributed by atoms with van der Waals surface area (Å²) in [5.41, 5.74) is -0.992. The van der Waals surface area contributed by atoms with Crippen molar-refractivity contribution in [2.75, 3.05) is 25.1 Å². The third-order valence-corrected chi connectivity index (χ3v) is 3.24. The maximum Gasteiger partial charge on any atom is 0.137 e. The number of halogens is 1. The summed E-state index contributed by atoms with van der Waals surface area (Å²) in [5, 5.41) is 13.7. The number of nitrogens with zero attached hydrogens (tertiary/aromatic N) is 2. The van der Waals surface area contributed by atoms with Crippen molar-refractivity contribution >= 4 is 17.4 Å². The molecule has 2 rings (SSSR count). The molecular weight excluding hydrogens is 266 g/mol. The van der Waals surface area contributed by atoms with Crippen LogP contribution in [-0.4, -0.2) is 40.4 Å². The number of aliphatic hydroxyl groups is 1. The molecule has 1 atom stereocenters. The van der Waals surface area contributed by atoms with E-state index in [4.69, 9.17) is 16.3 Å². The second-order valence-corrected chi connectivity index (χ2v) is 6.42. The van der Waals surface area contributed by atoms with Crippen molar-refractivity contribution in [3.05, 3.63) is 17.0 Å². The summed E-state index contributed by atoms with van der Waals surface area (Å²) in [6.07, 6.45) is 0.630. The van der Waals surface area contributed by atoms with E-state index < -0.39 is 5.60 Å². The molecule has 1 aromatic rings. The lowest BCUT2D eigenvalue weighted by Gasteiger charge is -2.22. The number of hydrogen-bond donors (Lipinski definition) is 2. The summed E-state index contributed by atoms with van der Waals surface area (Å²) in [5.74, 6) is 1.31. The van der Waals surface area contributed by atoms with Gasteiger partial charge in [0, 0.05) is 31.1 Å². The average molecular weight is 286 g/mol. The lowest BCUT2D eigenvalue weighted by molar-refractivity contribution is 0.0381. The molecule has 2 N–H and O–H groups in total. The van der Waals surface area contributed by atoms with Gasteiger partial charge >= 0.3 is 0 Å². The van der Waals surface area contributed by atoms with Gasteiger partial charge in [0.1, 0.15) is 22.4 Å². The Balaban J connectivity index is 2.10. The first-order valence-electron chi connectivity index (χ1n) is 6.38. The van der Waals surface area contributed by atoms with Gasteiger partial charge in [-0.25, -0.2) is 9.97 Å². The molecule has 1 aliphatic rings. The van der Waals surface area contributed by atoms with Crippen molar-refractivity contribution in [1.29, 1.82) is 0 Å². The number of nitrogens with one attached hydrogen (secondary N) is 1. The van der Waals surface area contributed by atoms with Gasteiger partial charge in [0.2, 0.25) is 0 Å². The van der Waals surface area contributed by atoms with Crippen LogP contribution in [0.25, 0.3) is 0 Å². The fourth-order valence-electron chi connectivity index (χ4n) is 1.83. The fraction of sp³-hybridized carbons (Fsp3) is 0.692. The van der Waals surface area contributed by atoms with E-state index in [1.165, 1.54) is 0 Å². The highest BCUT2D eigenvalue weighted by Gasteiger charge is 2.32. The fourth-order valence-corrected chi connectivity index (χ4v) is 2.02. The van der Waals surface area contributed by atoms with Crippen molar-refractivity contribution in [2.45, 2.75) is 38.2 Å². The van der Waals surface area contributed by atoms with Crippen LogP contribution in [0.1, 0.15) is 33.0 Å². The molecule has 0 saturated carbocycles. The molecule has 1 fully saturated rings. The van der Waals surface area contributed by atoms with Gasteiger partial charge in [0.15, 0.2) is 0 Å². The van der Waals surface area contributed by atoms with Crippen LogP contribution in [0.5, 0.6) is 0 Å². The molecule has 0 radical (unpaired) electrons. The van der Waals surface area contributed by atoms with Crippen LogP contribution in [0.3, 0.4) is 0 Å². The summed E-state index contributed by atoms with van der Waals surface area (Å²) < 4.78 is 5.20. The minimum absolute atomic E-state index is 0.172. The summed E-state index contributed by atoms with van der Waals surface area (Å²) in [4.78, 5) is 8.67. The molecular formula is C13H20ClN3O2. The van der Waals surface area contributed by atoms with Gasteiger partial charge in [-0.1, -0.05) is 32.4 Å².